The van der Waals surface area contributed by atoms with Crippen molar-refractivity contribution in [3.8, 4) is 11.4 Å². The molecule has 4 aromatic rings. The van der Waals surface area contributed by atoms with Crippen molar-refractivity contribution in [2.75, 3.05) is 5.32 Å². The lowest BCUT2D eigenvalue weighted by molar-refractivity contribution is -0.148. The Balaban J connectivity index is 1.48. The number of nitrogens with one attached hydrogen (secondary N) is 2. The fourth-order valence-corrected chi connectivity index (χ4v) is 5.69. The van der Waals surface area contributed by atoms with Crippen molar-refractivity contribution in [3.05, 3.63) is 41.6 Å². The van der Waals surface area contributed by atoms with Gasteiger partial charge in [-0.1, -0.05) is 11.6 Å². The zero-order valence-electron chi connectivity index (χ0n) is 16.9. The zero-order chi connectivity index (χ0) is 22.0. The number of pyridine rings is 1. The highest BCUT2D eigenvalue weighted by atomic mass is 35.5. The number of fused-ring (bicyclic) bond motifs is 5. The number of carboxylic acid groups (broad SMARTS) is 1. The molecule has 0 saturated heterocycles. The minimum absolute atomic E-state index is 0.130. The molecule has 2 bridgehead atoms. The monoisotopic (exact) mass is 454 g/mol. The van der Waals surface area contributed by atoms with Crippen molar-refractivity contribution in [2.45, 2.75) is 31.7 Å². The average Bonchev–Trinajstić information content (AvgIpc) is 3.37. The molecule has 0 aliphatic heterocycles. The van der Waals surface area contributed by atoms with Crippen LogP contribution < -0.4 is 5.32 Å². The lowest BCUT2D eigenvalue weighted by Gasteiger charge is -2.47. The quantitative estimate of drug-likeness (QED) is 0.422. The molecular weight excluding hydrogens is 435 g/mol. The number of rotatable bonds is 4. The lowest BCUT2D eigenvalue weighted by Crippen LogP contribution is -2.51. The molecule has 3 N–H and O–H groups in total. The molecule has 8 nitrogen and oxygen atoms in total. The number of hydrogen-bond donors (Lipinski definition) is 3. The van der Waals surface area contributed by atoms with Gasteiger partial charge in [0.05, 0.1) is 10.9 Å². The highest BCUT2D eigenvalue weighted by Crippen LogP contribution is 2.46. The highest BCUT2D eigenvalue weighted by Gasteiger charge is 2.47. The highest BCUT2D eigenvalue weighted by molar-refractivity contribution is 6.31. The first-order valence-electron chi connectivity index (χ1n) is 10.7. The first-order valence-corrected chi connectivity index (χ1v) is 11.0. The van der Waals surface area contributed by atoms with E-state index in [1.54, 1.807) is 18.5 Å². The van der Waals surface area contributed by atoms with Crippen molar-refractivity contribution in [3.63, 3.8) is 0 Å². The molecule has 164 valence electrons. The number of hydrogen-bond acceptors (Lipinski definition) is 5. The molecule has 10 heteroatoms. The van der Waals surface area contributed by atoms with E-state index in [-0.39, 0.29) is 23.4 Å². The van der Waals surface area contributed by atoms with E-state index in [2.05, 4.69) is 25.4 Å². The number of anilines is 1. The van der Waals surface area contributed by atoms with E-state index in [1.807, 2.05) is 0 Å². The smallest absolute Gasteiger partial charge is 0.308 e. The molecule has 0 spiro atoms. The van der Waals surface area contributed by atoms with Gasteiger partial charge in [-0.05, 0) is 49.7 Å². The van der Waals surface area contributed by atoms with Crippen LogP contribution in [-0.4, -0.2) is 41.7 Å². The van der Waals surface area contributed by atoms with Gasteiger partial charge in [0.15, 0.2) is 17.5 Å². The molecule has 0 amide bonds. The minimum Gasteiger partial charge on any atom is -0.481 e. The Kier molecular flexibility index (Phi) is 4.36. The van der Waals surface area contributed by atoms with E-state index in [0.717, 1.165) is 31.1 Å². The fraction of sp³-hybridized carbons (Fsp3) is 0.364. The van der Waals surface area contributed by atoms with E-state index in [1.165, 1.54) is 16.8 Å². The van der Waals surface area contributed by atoms with Crippen LogP contribution in [0.3, 0.4) is 0 Å². The van der Waals surface area contributed by atoms with Gasteiger partial charge in [0.1, 0.15) is 11.2 Å². The summed E-state index contributed by atoms with van der Waals surface area (Å²) in [5.41, 5.74) is 1.51. The van der Waals surface area contributed by atoms with E-state index in [4.69, 9.17) is 11.6 Å². The van der Waals surface area contributed by atoms with Gasteiger partial charge in [-0.2, -0.15) is 0 Å². The maximum atomic E-state index is 14.7. The molecule has 3 aliphatic carbocycles. The molecule has 3 aliphatic rings. The predicted molar refractivity (Wildman–Crippen MR) is 117 cm³/mol. The number of H-pyrrole nitrogens is 1. The van der Waals surface area contributed by atoms with Crippen LogP contribution in [0.4, 0.5) is 10.2 Å². The van der Waals surface area contributed by atoms with Gasteiger partial charge in [0, 0.05) is 35.6 Å². The Morgan fingerprint density at radius 2 is 2.06 bits per heavy atom. The van der Waals surface area contributed by atoms with Crippen LogP contribution in [-0.2, 0) is 4.79 Å². The summed E-state index contributed by atoms with van der Waals surface area (Å²) < 4.78 is 16.1. The van der Waals surface area contributed by atoms with Crippen molar-refractivity contribution in [2.24, 2.45) is 17.8 Å². The fourth-order valence-electron chi connectivity index (χ4n) is 5.54. The topological polar surface area (TPSA) is 108 Å². The normalized spacial score (nSPS) is 24.9. The maximum absolute atomic E-state index is 14.7. The van der Waals surface area contributed by atoms with Crippen molar-refractivity contribution < 1.29 is 14.3 Å². The standard InChI is InChI=1S/C22H20ClFN6O2/c23-12-7-13-14(9-26-19(13)25-8-12)20-28-21(18-15(24)5-6-30(18)29-20)27-17-11-3-1-10(2-4-11)16(17)22(31)32/h5-11,16-17H,1-4H2,(H,25,26)(H,31,32)(H,27,28,29). The molecular formula is C22H20ClFN6O2. The first-order chi connectivity index (χ1) is 15.5. The second-order valence-corrected chi connectivity index (χ2v) is 9.14. The van der Waals surface area contributed by atoms with Crippen LogP contribution >= 0.6 is 11.6 Å². The minimum atomic E-state index is -0.810. The Morgan fingerprint density at radius 1 is 1.28 bits per heavy atom. The number of carbonyl (C=O) groups is 1. The average molecular weight is 455 g/mol. The summed E-state index contributed by atoms with van der Waals surface area (Å²) in [6.07, 6.45) is 8.60. The van der Waals surface area contributed by atoms with E-state index in [0.29, 0.717) is 27.9 Å². The molecule has 7 rings (SSSR count). The van der Waals surface area contributed by atoms with Crippen LogP contribution in [0.1, 0.15) is 25.7 Å². The Morgan fingerprint density at radius 3 is 2.84 bits per heavy atom. The summed E-state index contributed by atoms with van der Waals surface area (Å²) in [5.74, 6) is -0.787. The molecule has 2 atom stereocenters. The second kappa shape index (κ2) is 7.16. The molecule has 32 heavy (non-hydrogen) atoms. The third kappa shape index (κ3) is 2.95. The number of aromatic amines is 1. The van der Waals surface area contributed by atoms with E-state index in [9.17, 15) is 14.3 Å². The third-order valence-electron chi connectivity index (χ3n) is 7.01. The number of nitrogens with zero attached hydrogens (tertiary/aromatic N) is 4. The van der Waals surface area contributed by atoms with Crippen LogP contribution in [0, 0.1) is 23.6 Å². The Labute approximate surface area is 186 Å². The largest absolute Gasteiger partial charge is 0.481 e. The van der Waals surface area contributed by atoms with Gasteiger partial charge >= 0.3 is 5.97 Å². The predicted octanol–water partition coefficient (Wildman–Crippen LogP) is 4.37. The van der Waals surface area contributed by atoms with Crippen LogP contribution in [0.25, 0.3) is 27.9 Å². The SMILES string of the molecule is O=C(O)C1C2CCC(CC2)C1Nc1nc(-c2c[nH]c3ncc(Cl)cc23)nn2ccc(F)c12. The molecule has 0 aromatic carbocycles. The second-order valence-electron chi connectivity index (χ2n) is 8.70. The van der Waals surface area contributed by atoms with E-state index >= 15 is 0 Å². The van der Waals surface area contributed by atoms with Crippen LogP contribution in [0.2, 0.25) is 5.02 Å². The molecule has 2 unspecified atom stereocenters. The Hall–Kier alpha value is -3.20. The van der Waals surface area contributed by atoms with Crippen LogP contribution in [0.5, 0.6) is 0 Å². The molecule has 0 radical (unpaired) electrons. The molecule has 4 aromatic heterocycles. The molecule has 3 saturated carbocycles. The number of aromatic nitrogens is 5. The summed E-state index contributed by atoms with van der Waals surface area (Å²) >= 11 is 6.14. The maximum Gasteiger partial charge on any atom is 0.308 e. The van der Waals surface area contributed by atoms with Gasteiger partial charge < -0.3 is 15.4 Å². The summed E-state index contributed by atoms with van der Waals surface area (Å²) in [6.45, 7) is 0. The third-order valence-corrected chi connectivity index (χ3v) is 7.21. The van der Waals surface area contributed by atoms with Crippen molar-refractivity contribution >= 4 is 39.9 Å². The number of halogens is 2. The summed E-state index contributed by atoms with van der Waals surface area (Å²) in [7, 11) is 0. The van der Waals surface area contributed by atoms with Gasteiger partial charge in [-0.15, -0.1) is 5.10 Å². The van der Waals surface area contributed by atoms with Gasteiger partial charge in [-0.3, -0.25) is 4.79 Å². The number of aliphatic carboxylic acids is 1. The Bertz CT molecular complexity index is 1360. The summed E-state index contributed by atoms with van der Waals surface area (Å²) in [6, 6.07) is 2.79. The first kappa shape index (κ1) is 19.5. The molecule has 4 heterocycles. The van der Waals surface area contributed by atoms with Crippen molar-refractivity contribution in [1.82, 2.24) is 24.6 Å². The summed E-state index contributed by atoms with van der Waals surface area (Å²) in [4.78, 5) is 24.1. The van der Waals surface area contributed by atoms with Crippen molar-refractivity contribution in [1.29, 1.82) is 0 Å². The summed E-state index contributed by atoms with van der Waals surface area (Å²) in [5, 5.41) is 19.0. The number of carboxylic acids is 1. The van der Waals surface area contributed by atoms with E-state index < -0.39 is 17.7 Å². The van der Waals surface area contributed by atoms with Gasteiger partial charge in [-0.25, -0.2) is 18.9 Å². The van der Waals surface area contributed by atoms with Crippen LogP contribution in [0.15, 0.2) is 30.7 Å². The zero-order valence-corrected chi connectivity index (χ0v) is 17.7. The van der Waals surface area contributed by atoms with Gasteiger partial charge in [0.25, 0.3) is 0 Å². The van der Waals surface area contributed by atoms with Gasteiger partial charge in [0.2, 0.25) is 0 Å². The molecule has 3 fully saturated rings. The lowest BCUT2D eigenvalue weighted by atomic mass is 9.61.